The molecule has 0 aromatic heterocycles. The Balaban J connectivity index is 3.39. The summed E-state index contributed by atoms with van der Waals surface area (Å²) in [5.74, 6) is -16.4. The van der Waals surface area contributed by atoms with Crippen LogP contribution in [0.3, 0.4) is 0 Å². The molecule has 0 aliphatic rings. The van der Waals surface area contributed by atoms with E-state index in [4.69, 9.17) is 0 Å². The van der Waals surface area contributed by atoms with E-state index < -0.39 is 41.8 Å². The Bertz CT molecular complexity index is 671. The number of benzene rings is 1. The molecule has 0 unspecified atom stereocenters. The predicted molar refractivity (Wildman–Crippen MR) is 66.8 cm³/mol. The van der Waals surface area contributed by atoms with Crippen molar-refractivity contribution in [3.63, 3.8) is 0 Å². The second-order valence-corrected chi connectivity index (χ2v) is 4.98. The van der Waals surface area contributed by atoms with Crippen molar-refractivity contribution < 1.29 is 57.8 Å². The summed E-state index contributed by atoms with van der Waals surface area (Å²) in [5.41, 5.74) is -0.525. The molecular weight excluding hydrogens is 411 g/mol. The fourth-order valence-corrected chi connectivity index (χ4v) is 1.61. The number of halogens is 11. The minimum Gasteiger partial charge on any atom is -0.310 e. The van der Waals surface area contributed by atoms with Crippen LogP contribution >= 0.6 is 0 Å². The Morgan fingerprint density at radius 3 is 1.63 bits per heavy atom. The van der Waals surface area contributed by atoms with Gasteiger partial charge in [-0.05, 0) is 12.1 Å². The molecule has 1 amide bonds. The molecule has 1 aromatic rings. The molecule has 1 aromatic carbocycles. The van der Waals surface area contributed by atoms with Crippen LogP contribution in [0.2, 0.25) is 0 Å². The van der Waals surface area contributed by atoms with Crippen molar-refractivity contribution in [2.24, 2.45) is 0 Å². The third kappa shape index (κ3) is 4.09. The molecule has 0 radical (unpaired) electrons. The third-order valence-electron chi connectivity index (χ3n) is 3.08. The van der Waals surface area contributed by atoms with E-state index in [0.717, 1.165) is 24.3 Å². The molecular formula is C13H8F11NO2. The van der Waals surface area contributed by atoms with Crippen molar-refractivity contribution in [1.82, 2.24) is 0 Å². The van der Waals surface area contributed by atoms with Crippen LogP contribution in [0, 0.1) is 0 Å². The first-order chi connectivity index (χ1) is 11.9. The van der Waals surface area contributed by atoms with Gasteiger partial charge in [0.05, 0.1) is 0 Å². The van der Waals surface area contributed by atoms with Crippen molar-refractivity contribution in [1.29, 1.82) is 0 Å². The van der Waals surface area contributed by atoms with Crippen LogP contribution in [0.15, 0.2) is 30.3 Å². The maximum Gasteiger partial charge on any atom is 0.462 e. The number of amides is 1. The van der Waals surface area contributed by atoms with E-state index in [1.807, 2.05) is 0 Å². The lowest BCUT2D eigenvalue weighted by Crippen LogP contribution is -2.63. The number of carbonyl (C=O) groups excluding carboxylic acids is 1. The van der Waals surface area contributed by atoms with Gasteiger partial charge in [0.25, 0.3) is 0 Å². The number of alkyl halides is 11. The number of likely N-dealkylation sites (N-methyl/N-ethyl adjacent to an activating group) is 1. The Kier molecular flexibility index (Phi) is 5.77. The number of carbonyl (C=O) groups is 1. The highest BCUT2D eigenvalue weighted by Gasteiger charge is 2.79. The molecule has 0 aliphatic carbocycles. The van der Waals surface area contributed by atoms with E-state index in [1.54, 1.807) is 0 Å². The standard InChI is InChI=1S/C13H8F11NO2/c1-25(7-5-3-2-4-6-7)8(26)9(14,11(17,18)19)27-13(23,24)10(15,16)12(20,21)22/h2-6H,1H3/t9-/m0/s1. The number of hydrogen-bond donors (Lipinski definition) is 0. The van der Waals surface area contributed by atoms with E-state index in [1.165, 1.54) is 6.07 Å². The SMILES string of the molecule is CN(C(=O)[C@](F)(OC(F)(F)C(F)(F)C(F)(F)F)C(F)(F)F)c1ccccc1. The van der Waals surface area contributed by atoms with Crippen molar-refractivity contribution in [3.05, 3.63) is 30.3 Å². The average Bonchev–Trinajstić information content (AvgIpc) is 2.51. The van der Waals surface area contributed by atoms with Gasteiger partial charge in [0, 0.05) is 12.7 Å². The summed E-state index contributed by atoms with van der Waals surface area (Å²) in [4.78, 5) is 11.5. The molecule has 0 N–H and O–H groups in total. The van der Waals surface area contributed by atoms with Crippen LogP contribution in [-0.4, -0.2) is 43.2 Å². The van der Waals surface area contributed by atoms with E-state index in [-0.39, 0.29) is 4.90 Å². The van der Waals surface area contributed by atoms with E-state index >= 15 is 0 Å². The van der Waals surface area contributed by atoms with Gasteiger partial charge < -0.3 is 4.90 Å². The van der Waals surface area contributed by atoms with Crippen molar-refractivity contribution >= 4 is 11.6 Å². The topological polar surface area (TPSA) is 29.5 Å². The number of hydrogen-bond acceptors (Lipinski definition) is 2. The highest BCUT2D eigenvalue weighted by molar-refractivity contribution is 5.98. The quantitative estimate of drug-likeness (QED) is 0.649. The van der Waals surface area contributed by atoms with Crippen molar-refractivity contribution in [3.8, 4) is 0 Å². The van der Waals surface area contributed by atoms with Gasteiger partial charge >= 0.3 is 36.1 Å². The summed E-state index contributed by atoms with van der Waals surface area (Å²) in [7, 11) is 0.432. The van der Waals surface area contributed by atoms with Crippen LogP contribution in [0.4, 0.5) is 54.0 Å². The number of para-hydroxylation sites is 1. The Hall–Kier alpha value is -2.12. The molecule has 0 bridgehead atoms. The summed E-state index contributed by atoms with van der Waals surface area (Å²) in [6.45, 7) is 0. The van der Waals surface area contributed by atoms with Crippen LogP contribution in [0.5, 0.6) is 0 Å². The first-order valence-corrected chi connectivity index (χ1v) is 6.50. The lowest BCUT2D eigenvalue weighted by atomic mass is 10.2. The molecule has 154 valence electrons. The molecule has 0 saturated carbocycles. The summed E-state index contributed by atoms with van der Waals surface area (Å²) in [6.07, 6.45) is -20.9. The molecule has 1 atom stereocenters. The summed E-state index contributed by atoms with van der Waals surface area (Å²) in [6, 6.07) is 5.34. The predicted octanol–water partition coefficient (Wildman–Crippen LogP) is 4.68. The maximum absolute atomic E-state index is 14.1. The Morgan fingerprint density at radius 2 is 1.26 bits per heavy atom. The fourth-order valence-electron chi connectivity index (χ4n) is 1.61. The molecule has 0 heterocycles. The van der Waals surface area contributed by atoms with Crippen LogP contribution in [-0.2, 0) is 9.53 Å². The zero-order valence-corrected chi connectivity index (χ0v) is 12.8. The normalized spacial score (nSPS) is 16.0. The minimum atomic E-state index is -7.23. The van der Waals surface area contributed by atoms with Gasteiger partial charge in [-0.15, -0.1) is 0 Å². The first-order valence-electron chi connectivity index (χ1n) is 6.50. The highest BCUT2D eigenvalue weighted by atomic mass is 19.4. The van der Waals surface area contributed by atoms with Crippen LogP contribution < -0.4 is 4.90 Å². The summed E-state index contributed by atoms with van der Waals surface area (Å²) in [5, 5.41) is 0. The van der Waals surface area contributed by atoms with Crippen molar-refractivity contribution in [2.45, 2.75) is 30.2 Å². The minimum absolute atomic E-state index is 0.241. The molecule has 0 spiro atoms. The summed E-state index contributed by atoms with van der Waals surface area (Å²) >= 11 is 0. The van der Waals surface area contributed by atoms with Gasteiger partial charge in [0.2, 0.25) is 0 Å². The van der Waals surface area contributed by atoms with Gasteiger partial charge in [-0.3, -0.25) is 9.53 Å². The Morgan fingerprint density at radius 1 is 0.815 bits per heavy atom. The van der Waals surface area contributed by atoms with Crippen molar-refractivity contribution in [2.75, 3.05) is 11.9 Å². The van der Waals surface area contributed by atoms with Gasteiger partial charge in [0.15, 0.2) is 0 Å². The fraction of sp³-hybridized carbons (Fsp3) is 0.462. The molecule has 0 saturated heterocycles. The van der Waals surface area contributed by atoms with Gasteiger partial charge in [-0.1, -0.05) is 18.2 Å². The van der Waals surface area contributed by atoms with Gasteiger partial charge in [-0.2, -0.15) is 48.3 Å². The number of anilines is 1. The zero-order valence-electron chi connectivity index (χ0n) is 12.8. The molecule has 0 fully saturated rings. The van der Waals surface area contributed by atoms with Crippen LogP contribution in [0.1, 0.15) is 0 Å². The first kappa shape index (κ1) is 22.9. The largest absolute Gasteiger partial charge is 0.462 e. The smallest absolute Gasteiger partial charge is 0.310 e. The molecule has 1 rings (SSSR count). The second kappa shape index (κ2) is 6.80. The number of ether oxygens (including phenoxy) is 1. The van der Waals surface area contributed by atoms with Crippen LogP contribution in [0.25, 0.3) is 0 Å². The second-order valence-electron chi connectivity index (χ2n) is 4.98. The monoisotopic (exact) mass is 419 g/mol. The molecule has 0 aliphatic heterocycles. The van der Waals surface area contributed by atoms with E-state index in [2.05, 4.69) is 4.74 Å². The zero-order chi connectivity index (χ0) is 21.5. The maximum atomic E-state index is 14.1. The number of nitrogens with zero attached hydrogens (tertiary/aromatic N) is 1. The lowest BCUT2D eigenvalue weighted by molar-refractivity contribution is -0.472. The Labute approximate surface area is 143 Å². The lowest BCUT2D eigenvalue weighted by Gasteiger charge is -2.35. The summed E-state index contributed by atoms with van der Waals surface area (Å²) < 4.78 is 143. The van der Waals surface area contributed by atoms with Gasteiger partial charge in [0.1, 0.15) is 0 Å². The third-order valence-corrected chi connectivity index (χ3v) is 3.08. The average molecular weight is 419 g/mol. The van der Waals surface area contributed by atoms with E-state index in [0.29, 0.717) is 7.05 Å². The number of rotatable bonds is 5. The highest BCUT2D eigenvalue weighted by Crippen LogP contribution is 2.51. The van der Waals surface area contributed by atoms with E-state index in [9.17, 15) is 53.1 Å². The molecule has 3 nitrogen and oxygen atoms in total. The molecule has 27 heavy (non-hydrogen) atoms. The van der Waals surface area contributed by atoms with Gasteiger partial charge in [-0.25, -0.2) is 0 Å². The molecule has 14 heteroatoms.